The molecule has 2 aliphatic heterocycles. The van der Waals surface area contributed by atoms with Crippen LogP contribution in [0.15, 0.2) is 42.5 Å². The van der Waals surface area contributed by atoms with E-state index < -0.39 is 0 Å². The van der Waals surface area contributed by atoms with Crippen molar-refractivity contribution in [1.82, 2.24) is 15.1 Å². The molecular weight excluding hydrogens is 294 g/mol. The minimum absolute atomic E-state index is 0.913. The lowest BCUT2D eigenvalue weighted by Crippen LogP contribution is -2.48. The number of piperazine rings is 1. The maximum Gasteiger partial charge on any atom is 0.0240 e. The molecule has 2 aromatic rings. The fourth-order valence-electron chi connectivity index (χ4n) is 4.23. The SMILES string of the molecule is c1ccc2c(CN3CCN(CC4CCNCC4)CC3)cccc2c1. The monoisotopic (exact) mass is 323 g/mol. The molecule has 2 heterocycles. The van der Waals surface area contributed by atoms with Crippen LogP contribution < -0.4 is 5.32 Å². The molecule has 0 bridgehead atoms. The van der Waals surface area contributed by atoms with Crippen molar-refractivity contribution < 1.29 is 0 Å². The van der Waals surface area contributed by atoms with E-state index in [1.54, 1.807) is 0 Å². The fourth-order valence-corrected chi connectivity index (χ4v) is 4.23. The number of nitrogens with zero attached hydrogens (tertiary/aromatic N) is 2. The van der Waals surface area contributed by atoms with Gasteiger partial charge in [-0.25, -0.2) is 0 Å². The molecule has 0 atom stereocenters. The van der Waals surface area contributed by atoms with Gasteiger partial charge in [0.05, 0.1) is 0 Å². The molecule has 2 saturated heterocycles. The molecule has 0 aliphatic carbocycles. The second-order valence-corrected chi connectivity index (χ2v) is 7.41. The Hall–Kier alpha value is -1.42. The van der Waals surface area contributed by atoms with Gasteiger partial charge in [-0.05, 0) is 48.2 Å². The summed E-state index contributed by atoms with van der Waals surface area (Å²) in [6.07, 6.45) is 2.71. The van der Waals surface area contributed by atoms with Crippen molar-refractivity contribution in [2.45, 2.75) is 19.4 Å². The number of hydrogen-bond donors (Lipinski definition) is 1. The van der Waals surface area contributed by atoms with Gasteiger partial charge in [0.1, 0.15) is 0 Å². The second-order valence-electron chi connectivity index (χ2n) is 7.41. The first kappa shape index (κ1) is 16.1. The largest absolute Gasteiger partial charge is 0.317 e. The van der Waals surface area contributed by atoms with Crippen molar-refractivity contribution in [2.24, 2.45) is 5.92 Å². The number of piperidine rings is 1. The first-order chi connectivity index (χ1) is 11.9. The van der Waals surface area contributed by atoms with Crippen LogP contribution in [0.5, 0.6) is 0 Å². The van der Waals surface area contributed by atoms with Crippen LogP contribution in [0.2, 0.25) is 0 Å². The molecule has 2 fully saturated rings. The maximum atomic E-state index is 3.47. The van der Waals surface area contributed by atoms with E-state index in [4.69, 9.17) is 0 Å². The van der Waals surface area contributed by atoms with Crippen LogP contribution >= 0.6 is 0 Å². The van der Waals surface area contributed by atoms with E-state index in [9.17, 15) is 0 Å². The quantitative estimate of drug-likeness (QED) is 0.933. The minimum atomic E-state index is 0.913. The van der Waals surface area contributed by atoms with Crippen LogP contribution in [-0.2, 0) is 6.54 Å². The lowest BCUT2D eigenvalue weighted by molar-refractivity contribution is 0.107. The van der Waals surface area contributed by atoms with Gasteiger partial charge in [-0.2, -0.15) is 0 Å². The van der Waals surface area contributed by atoms with Gasteiger partial charge in [-0.15, -0.1) is 0 Å². The summed E-state index contributed by atoms with van der Waals surface area (Å²) in [5.41, 5.74) is 1.47. The topological polar surface area (TPSA) is 18.5 Å². The van der Waals surface area contributed by atoms with Crippen LogP contribution in [-0.4, -0.2) is 55.6 Å². The van der Waals surface area contributed by atoms with Gasteiger partial charge in [0.2, 0.25) is 0 Å². The van der Waals surface area contributed by atoms with E-state index in [-0.39, 0.29) is 0 Å². The average molecular weight is 323 g/mol. The Kier molecular flexibility index (Phi) is 5.12. The molecule has 3 heteroatoms. The van der Waals surface area contributed by atoms with E-state index in [1.807, 2.05) is 0 Å². The van der Waals surface area contributed by atoms with E-state index in [2.05, 4.69) is 57.6 Å². The third-order valence-corrected chi connectivity index (χ3v) is 5.71. The first-order valence-electron chi connectivity index (χ1n) is 9.50. The molecular formula is C21H29N3. The summed E-state index contributed by atoms with van der Waals surface area (Å²) in [6, 6.07) is 15.5. The van der Waals surface area contributed by atoms with Crippen molar-refractivity contribution in [3.05, 3.63) is 48.0 Å². The molecule has 0 aromatic heterocycles. The molecule has 128 valence electrons. The van der Waals surface area contributed by atoms with Crippen molar-refractivity contribution in [2.75, 3.05) is 45.8 Å². The van der Waals surface area contributed by atoms with E-state index in [1.165, 1.54) is 75.0 Å². The van der Waals surface area contributed by atoms with Gasteiger partial charge >= 0.3 is 0 Å². The second kappa shape index (κ2) is 7.64. The summed E-state index contributed by atoms with van der Waals surface area (Å²) in [5.74, 6) is 0.913. The third-order valence-electron chi connectivity index (χ3n) is 5.71. The molecule has 0 spiro atoms. The van der Waals surface area contributed by atoms with Gasteiger partial charge < -0.3 is 10.2 Å². The Labute approximate surface area is 145 Å². The highest BCUT2D eigenvalue weighted by Gasteiger charge is 2.21. The summed E-state index contributed by atoms with van der Waals surface area (Å²) in [4.78, 5) is 5.32. The molecule has 24 heavy (non-hydrogen) atoms. The smallest absolute Gasteiger partial charge is 0.0240 e. The number of benzene rings is 2. The fraction of sp³-hybridized carbons (Fsp3) is 0.524. The van der Waals surface area contributed by atoms with Crippen LogP contribution in [0.3, 0.4) is 0 Å². The van der Waals surface area contributed by atoms with Gasteiger partial charge in [0.15, 0.2) is 0 Å². The van der Waals surface area contributed by atoms with E-state index in [0.717, 1.165) is 12.5 Å². The van der Waals surface area contributed by atoms with Gasteiger partial charge in [0, 0.05) is 39.3 Å². The highest BCUT2D eigenvalue weighted by molar-refractivity contribution is 5.85. The zero-order valence-electron chi connectivity index (χ0n) is 14.6. The van der Waals surface area contributed by atoms with E-state index in [0.29, 0.717) is 0 Å². The number of rotatable bonds is 4. The molecule has 0 radical (unpaired) electrons. The predicted octanol–water partition coefficient (Wildman–Crippen LogP) is 2.96. The zero-order valence-corrected chi connectivity index (χ0v) is 14.6. The van der Waals surface area contributed by atoms with Crippen molar-refractivity contribution in [3.8, 4) is 0 Å². The van der Waals surface area contributed by atoms with Crippen molar-refractivity contribution >= 4 is 10.8 Å². The number of hydrogen-bond acceptors (Lipinski definition) is 3. The molecule has 0 saturated carbocycles. The van der Waals surface area contributed by atoms with Crippen molar-refractivity contribution in [1.29, 1.82) is 0 Å². The molecule has 1 N–H and O–H groups in total. The number of nitrogens with one attached hydrogen (secondary N) is 1. The summed E-state index contributed by atoms with van der Waals surface area (Å²) >= 11 is 0. The number of fused-ring (bicyclic) bond motifs is 1. The lowest BCUT2D eigenvalue weighted by atomic mass is 9.97. The zero-order chi connectivity index (χ0) is 16.2. The Morgan fingerprint density at radius 2 is 1.54 bits per heavy atom. The molecule has 3 nitrogen and oxygen atoms in total. The van der Waals surface area contributed by atoms with Gasteiger partial charge in [0.25, 0.3) is 0 Å². The normalized spacial score (nSPS) is 21.3. The molecule has 2 aliphatic rings. The molecule has 2 aromatic carbocycles. The standard InChI is InChI=1S/C21H29N3/c1-2-7-21-19(4-1)5-3-6-20(21)17-24-14-12-23(13-15-24)16-18-8-10-22-11-9-18/h1-7,18,22H,8-17H2. The summed E-state index contributed by atoms with van der Waals surface area (Å²) in [5, 5.41) is 6.25. The Balaban J connectivity index is 1.32. The highest BCUT2D eigenvalue weighted by atomic mass is 15.3. The van der Waals surface area contributed by atoms with Gasteiger partial charge in [-0.1, -0.05) is 42.5 Å². The van der Waals surface area contributed by atoms with Crippen LogP contribution in [0.4, 0.5) is 0 Å². The Morgan fingerprint density at radius 1 is 0.833 bits per heavy atom. The minimum Gasteiger partial charge on any atom is -0.317 e. The van der Waals surface area contributed by atoms with Crippen LogP contribution in [0, 0.1) is 5.92 Å². The summed E-state index contributed by atoms with van der Waals surface area (Å²) in [6.45, 7) is 9.69. The maximum absolute atomic E-state index is 3.47. The third kappa shape index (κ3) is 3.80. The predicted molar refractivity (Wildman–Crippen MR) is 101 cm³/mol. The molecule has 4 rings (SSSR count). The van der Waals surface area contributed by atoms with Crippen LogP contribution in [0.25, 0.3) is 10.8 Å². The lowest BCUT2D eigenvalue weighted by Gasteiger charge is -2.37. The summed E-state index contributed by atoms with van der Waals surface area (Å²) in [7, 11) is 0. The van der Waals surface area contributed by atoms with Gasteiger partial charge in [-0.3, -0.25) is 4.90 Å². The average Bonchev–Trinajstić information content (AvgIpc) is 2.65. The summed E-state index contributed by atoms with van der Waals surface area (Å²) < 4.78 is 0. The molecule has 0 amide bonds. The first-order valence-corrected chi connectivity index (χ1v) is 9.50. The Bertz CT molecular complexity index is 650. The highest BCUT2D eigenvalue weighted by Crippen LogP contribution is 2.21. The van der Waals surface area contributed by atoms with E-state index >= 15 is 0 Å². The Morgan fingerprint density at radius 3 is 2.38 bits per heavy atom. The van der Waals surface area contributed by atoms with Crippen molar-refractivity contribution in [3.63, 3.8) is 0 Å². The molecule has 0 unspecified atom stereocenters. The van der Waals surface area contributed by atoms with Crippen LogP contribution in [0.1, 0.15) is 18.4 Å².